The molecule has 1 unspecified atom stereocenters. The second-order valence-electron chi connectivity index (χ2n) is 5.27. The van der Waals surface area contributed by atoms with Crippen LogP contribution in [0.3, 0.4) is 0 Å². The summed E-state index contributed by atoms with van der Waals surface area (Å²) in [5.41, 5.74) is 1.55. The van der Waals surface area contributed by atoms with Crippen molar-refractivity contribution in [2.24, 2.45) is 9.98 Å². The number of hydrogen-bond donors (Lipinski definition) is 0. The number of aliphatic imine (C=N–C) groups is 2. The summed E-state index contributed by atoms with van der Waals surface area (Å²) in [5, 5.41) is 8.30. The van der Waals surface area contributed by atoms with Crippen molar-refractivity contribution in [1.82, 2.24) is 15.0 Å². The smallest absolute Gasteiger partial charge is 0.316 e. The van der Waals surface area contributed by atoms with Gasteiger partial charge in [-0.2, -0.15) is 4.99 Å². The molecule has 0 amide bonds. The van der Waals surface area contributed by atoms with Crippen LogP contribution < -0.4 is 4.74 Å². The number of halogens is 2. The molecule has 1 aromatic heterocycles. The van der Waals surface area contributed by atoms with Crippen LogP contribution in [0.5, 0.6) is 5.75 Å². The molecule has 0 saturated heterocycles. The van der Waals surface area contributed by atoms with Gasteiger partial charge >= 0.3 is 6.02 Å². The van der Waals surface area contributed by atoms with Crippen molar-refractivity contribution in [1.29, 1.82) is 0 Å². The number of aromatic nitrogens is 3. The summed E-state index contributed by atoms with van der Waals surface area (Å²) >= 11 is 5.99. The number of hydrogen-bond acceptors (Lipinski definition) is 6. The van der Waals surface area contributed by atoms with E-state index in [1.165, 1.54) is 18.7 Å². The van der Waals surface area contributed by atoms with Gasteiger partial charge in [0.2, 0.25) is 6.36 Å². The summed E-state index contributed by atoms with van der Waals surface area (Å²) in [5.74, 6) is 0.208. The molecule has 0 spiro atoms. The number of ether oxygens (including phenoxy) is 3. The molecule has 1 heterocycles. The number of nitrogens with zero attached hydrogens (tertiary/aromatic N) is 5. The Morgan fingerprint density at radius 3 is 2.89 bits per heavy atom. The maximum atomic E-state index is 13.1. The lowest BCUT2D eigenvalue weighted by atomic mass is 10.3. The highest BCUT2D eigenvalue weighted by molar-refractivity contribution is 6.32. The fourth-order valence-electron chi connectivity index (χ4n) is 1.98. The van der Waals surface area contributed by atoms with E-state index in [1.54, 1.807) is 24.4 Å². The van der Waals surface area contributed by atoms with Gasteiger partial charge in [-0.15, -0.1) is 5.10 Å². The molecule has 10 heteroatoms. The Morgan fingerprint density at radius 2 is 2.22 bits per heavy atom. The van der Waals surface area contributed by atoms with Crippen molar-refractivity contribution in [2.45, 2.75) is 19.9 Å². The first-order valence-corrected chi connectivity index (χ1v) is 8.17. The highest BCUT2D eigenvalue weighted by atomic mass is 35.5. The van der Waals surface area contributed by atoms with Gasteiger partial charge in [0.05, 0.1) is 29.2 Å². The van der Waals surface area contributed by atoms with Crippen LogP contribution in [0.15, 0.2) is 46.7 Å². The quantitative estimate of drug-likeness (QED) is 0.505. The highest BCUT2D eigenvalue weighted by Gasteiger charge is 2.10. The Hall–Kier alpha value is -2.78. The number of benzene rings is 1. The topological polar surface area (TPSA) is 83.1 Å². The molecule has 2 aromatic rings. The van der Waals surface area contributed by atoms with Crippen LogP contribution in [0.4, 0.5) is 4.39 Å². The van der Waals surface area contributed by atoms with E-state index in [1.807, 2.05) is 0 Å². The zero-order chi connectivity index (χ0) is 19.8. The molecule has 8 nitrogen and oxygen atoms in total. The number of alkyl halides is 1. The first kappa shape index (κ1) is 20.5. The lowest BCUT2D eigenvalue weighted by Crippen LogP contribution is -2.05. The summed E-state index contributed by atoms with van der Waals surface area (Å²) in [6.45, 7) is 8.68. The van der Waals surface area contributed by atoms with Gasteiger partial charge < -0.3 is 14.2 Å². The van der Waals surface area contributed by atoms with Crippen molar-refractivity contribution in [3.63, 3.8) is 0 Å². The predicted octanol–water partition coefficient (Wildman–Crippen LogP) is 3.35. The average Bonchev–Trinajstić information content (AvgIpc) is 3.09. The molecule has 144 valence electrons. The van der Waals surface area contributed by atoms with Gasteiger partial charge in [-0.25, -0.2) is 14.1 Å². The number of amidine groups is 1. The maximum absolute atomic E-state index is 13.1. The second kappa shape index (κ2) is 9.79. The van der Waals surface area contributed by atoms with Crippen molar-refractivity contribution in [2.75, 3.05) is 13.7 Å². The Balaban J connectivity index is 2.08. The standard InChI is InChI=1S/C17H19ClFN5O3/c1-11(9-25-4)21-17(20-3)26-10-13-8-24(23-22-13)14-5-6-15(18)16(7-14)27-12(2)19/h5-8,12H,1,3,9-10H2,2,4H3. The molecule has 0 bridgehead atoms. The van der Waals surface area contributed by atoms with Crippen LogP contribution >= 0.6 is 11.6 Å². The fraction of sp³-hybridized carbons (Fsp3) is 0.294. The third-order valence-electron chi connectivity index (χ3n) is 3.06. The summed E-state index contributed by atoms with van der Waals surface area (Å²) < 4.78 is 29.9. The van der Waals surface area contributed by atoms with E-state index >= 15 is 0 Å². The molecule has 2 rings (SSSR count). The van der Waals surface area contributed by atoms with Gasteiger partial charge in [0, 0.05) is 20.1 Å². The van der Waals surface area contributed by atoms with Crippen LogP contribution in [-0.4, -0.2) is 47.8 Å². The Morgan fingerprint density at radius 1 is 1.44 bits per heavy atom. The molecule has 0 aliphatic rings. The second-order valence-corrected chi connectivity index (χ2v) is 5.68. The highest BCUT2D eigenvalue weighted by Crippen LogP contribution is 2.28. The molecule has 1 atom stereocenters. The fourth-order valence-corrected chi connectivity index (χ4v) is 2.14. The van der Waals surface area contributed by atoms with Gasteiger partial charge in [-0.1, -0.05) is 23.4 Å². The van der Waals surface area contributed by atoms with Gasteiger partial charge in [0.15, 0.2) is 0 Å². The van der Waals surface area contributed by atoms with Crippen LogP contribution in [0.2, 0.25) is 5.02 Å². The van der Waals surface area contributed by atoms with E-state index in [4.69, 9.17) is 25.8 Å². The Bertz CT molecular complexity index is 838. The Kier molecular flexibility index (Phi) is 7.44. The Labute approximate surface area is 160 Å². The third kappa shape index (κ3) is 6.15. The summed E-state index contributed by atoms with van der Waals surface area (Å²) in [4.78, 5) is 7.72. The van der Waals surface area contributed by atoms with Gasteiger partial charge in [-0.3, -0.25) is 0 Å². The lowest BCUT2D eigenvalue weighted by molar-refractivity contribution is 0.0861. The van der Waals surface area contributed by atoms with E-state index in [0.717, 1.165) is 0 Å². The largest absolute Gasteiger partial charge is 0.459 e. The molecule has 0 fully saturated rings. The van der Waals surface area contributed by atoms with Gasteiger partial charge in [0.25, 0.3) is 0 Å². The van der Waals surface area contributed by atoms with Crippen LogP contribution in [0, 0.1) is 0 Å². The van der Waals surface area contributed by atoms with Gasteiger partial charge in [0.1, 0.15) is 18.1 Å². The SMILES string of the molecule is C=NC(=NC(=C)COC)OCc1cn(-c2ccc(Cl)c(OC(C)F)c2)nn1. The lowest BCUT2D eigenvalue weighted by Gasteiger charge is -2.10. The van der Waals surface area contributed by atoms with Crippen LogP contribution in [0.25, 0.3) is 5.69 Å². The average molecular weight is 396 g/mol. The molecule has 0 aliphatic heterocycles. The molecule has 27 heavy (non-hydrogen) atoms. The number of methoxy groups -OCH3 is 1. The minimum absolute atomic E-state index is 0.0470. The maximum Gasteiger partial charge on any atom is 0.316 e. The molecule has 0 radical (unpaired) electrons. The van der Waals surface area contributed by atoms with E-state index < -0.39 is 6.36 Å². The minimum Gasteiger partial charge on any atom is -0.459 e. The zero-order valence-electron chi connectivity index (χ0n) is 14.9. The summed E-state index contributed by atoms with van der Waals surface area (Å²) in [6.07, 6.45) is 0.144. The third-order valence-corrected chi connectivity index (χ3v) is 3.37. The first-order valence-electron chi connectivity index (χ1n) is 7.79. The molecule has 0 N–H and O–H groups in total. The van der Waals surface area contributed by atoms with Crippen molar-refractivity contribution in [3.05, 3.63) is 47.4 Å². The van der Waals surface area contributed by atoms with E-state index in [9.17, 15) is 4.39 Å². The van der Waals surface area contributed by atoms with Crippen molar-refractivity contribution in [3.8, 4) is 11.4 Å². The van der Waals surface area contributed by atoms with Crippen LogP contribution in [0.1, 0.15) is 12.6 Å². The van der Waals surface area contributed by atoms with E-state index in [2.05, 4.69) is 33.6 Å². The van der Waals surface area contributed by atoms with Crippen molar-refractivity contribution < 1.29 is 18.6 Å². The van der Waals surface area contributed by atoms with Crippen molar-refractivity contribution >= 4 is 24.3 Å². The normalized spacial score (nSPS) is 12.5. The molecular formula is C17H19ClFN5O3. The summed E-state index contributed by atoms with van der Waals surface area (Å²) in [7, 11) is 1.53. The number of rotatable bonds is 8. The minimum atomic E-state index is -1.49. The molecular weight excluding hydrogens is 377 g/mol. The molecule has 0 aliphatic carbocycles. The summed E-state index contributed by atoms with van der Waals surface area (Å²) in [6, 6.07) is 4.89. The predicted molar refractivity (Wildman–Crippen MR) is 100 cm³/mol. The first-order chi connectivity index (χ1) is 12.9. The van der Waals surface area contributed by atoms with Gasteiger partial charge in [-0.05, 0) is 18.9 Å². The van der Waals surface area contributed by atoms with E-state index in [0.29, 0.717) is 22.1 Å². The molecule has 0 saturated carbocycles. The zero-order valence-corrected chi connectivity index (χ0v) is 15.7. The monoisotopic (exact) mass is 395 g/mol. The van der Waals surface area contributed by atoms with Crippen LogP contribution in [-0.2, 0) is 16.1 Å². The van der Waals surface area contributed by atoms with E-state index in [-0.39, 0.29) is 25.0 Å². The molecule has 1 aromatic carbocycles.